The van der Waals surface area contributed by atoms with Gasteiger partial charge in [0.05, 0.1) is 25.4 Å². The molecular formula is C66H125NO8. The van der Waals surface area contributed by atoms with E-state index in [-0.39, 0.29) is 12.5 Å². The summed E-state index contributed by atoms with van der Waals surface area (Å²) in [4.78, 5) is 13.1. The van der Waals surface area contributed by atoms with E-state index in [0.717, 1.165) is 38.5 Å². The lowest BCUT2D eigenvalue weighted by Crippen LogP contribution is -2.60. The molecule has 1 amide bonds. The normalized spacial score (nSPS) is 19.1. The fourth-order valence-corrected chi connectivity index (χ4v) is 10.5. The maximum atomic E-state index is 13.1. The summed E-state index contributed by atoms with van der Waals surface area (Å²) in [6, 6.07) is -0.820. The molecule has 0 aliphatic carbocycles. The molecule has 7 atom stereocenters. The summed E-state index contributed by atoms with van der Waals surface area (Å²) in [5.74, 6) is -0.182. The Bertz CT molecular complexity index is 1270. The van der Waals surface area contributed by atoms with E-state index in [0.29, 0.717) is 6.42 Å². The summed E-state index contributed by atoms with van der Waals surface area (Å²) in [6.45, 7) is 3.79. The smallest absolute Gasteiger partial charge is 0.220 e. The van der Waals surface area contributed by atoms with E-state index in [1.807, 2.05) is 6.08 Å². The lowest BCUT2D eigenvalue weighted by molar-refractivity contribution is -0.302. The first-order valence-electron chi connectivity index (χ1n) is 32.7. The Morgan fingerprint density at radius 2 is 0.760 bits per heavy atom. The summed E-state index contributed by atoms with van der Waals surface area (Å²) in [5, 5.41) is 54.5. The molecule has 0 aromatic rings. The van der Waals surface area contributed by atoms with Gasteiger partial charge in [0, 0.05) is 6.42 Å². The third-order valence-corrected chi connectivity index (χ3v) is 15.7. The van der Waals surface area contributed by atoms with Crippen molar-refractivity contribution in [3.05, 3.63) is 36.5 Å². The molecule has 442 valence electrons. The highest BCUT2D eigenvalue weighted by molar-refractivity contribution is 5.76. The monoisotopic (exact) mass is 1060 g/mol. The number of unbranched alkanes of at least 4 members (excludes halogenated alkanes) is 43. The number of carbonyl (C=O) groups is 1. The number of hydrogen-bond donors (Lipinski definition) is 6. The van der Waals surface area contributed by atoms with Crippen molar-refractivity contribution in [1.29, 1.82) is 0 Å². The van der Waals surface area contributed by atoms with Gasteiger partial charge in [0.2, 0.25) is 5.91 Å². The first-order chi connectivity index (χ1) is 36.8. The van der Waals surface area contributed by atoms with E-state index in [9.17, 15) is 30.3 Å². The van der Waals surface area contributed by atoms with Crippen LogP contribution in [0.4, 0.5) is 0 Å². The Morgan fingerprint density at radius 3 is 1.12 bits per heavy atom. The molecule has 6 N–H and O–H groups in total. The second-order valence-electron chi connectivity index (χ2n) is 22.9. The fraction of sp³-hybridized carbons (Fsp3) is 0.894. The first kappa shape index (κ1) is 71.4. The zero-order chi connectivity index (χ0) is 54.3. The largest absolute Gasteiger partial charge is 0.394 e. The fourth-order valence-electron chi connectivity index (χ4n) is 10.5. The van der Waals surface area contributed by atoms with Crippen molar-refractivity contribution >= 4 is 5.91 Å². The number of amides is 1. The van der Waals surface area contributed by atoms with E-state index >= 15 is 0 Å². The second-order valence-corrected chi connectivity index (χ2v) is 22.9. The molecule has 0 radical (unpaired) electrons. The van der Waals surface area contributed by atoms with Crippen LogP contribution in [0.15, 0.2) is 36.5 Å². The molecule has 0 saturated carbocycles. The molecular weight excluding hydrogens is 935 g/mol. The molecule has 0 bridgehead atoms. The molecule has 9 nitrogen and oxygen atoms in total. The molecule has 0 spiro atoms. The molecule has 1 heterocycles. The van der Waals surface area contributed by atoms with Crippen molar-refractivity contribution in [2.24, 2.45) is 0 Å². The minimum atomic E-state index is -1.57. The minimum absolute atomic E-state index is 0.182. The molecule has 1 rings (SSSR count). The summed E-state index contributed by atoms with van der Waals surface area (Å²) >= 11 is 0. The maximum absolute atomic E-state index is 13.1. The number of nitrogens with one attached hydrogen (secondary N) is 1. The van der Waals surface area contributed by atoms with Crippen LogP contribution >= 0.6 is 0 Å². The Kier molecular flexibility index (Phi) is 53.1. The predicted octanol–water partition coefficient (Wildman–Crippen LogP) is 17.1. The van der Waals surface area contributed by atoms with Gasteiger partial charge >= 0.3 is 0 Å². The van der Waals surface area contributed by atoms with Gasteiger partial charge in [-0.15, -0.1) is 0 Å². The lowest BCUT2D eigenvalue weighted by Gasteiger charge is -2.40. The second kappa shape index (κ2) is 55.7. The SMILES string of the molecule is CCCCCCCCCCC/C=C/CC/C=C/C(O)C(COC1OC(CO)C(O)C(O)C1O)NC(=O)CCCCCCCCCCCCCCCCCCC/C=C\CCCCCCCCCCCCCCCCCC. The van der Waals surface area contributed by atoms with E-state index in [1.54, 1.807) is 6.08 Å². The van der Waals surface area contributed by atoms with Gasteiger partial charge in [0.1, 0.15) is 24.4 Å². The van der Waals surface area contributed by atoms with Crippen molar-refractivity contribution in [2.75, 3.05) is 13.2 Å². The van der Waals surface area contributed by atoms with Gasteiger partial charge in [0.15, 0.2) is 6.29 Å². The molecule has 1 saturated heterocycles. The number of hydrogen-bond acceptors (Lipinski definition) is 8. The molecule has 1 fully saturated rings. The summed E-state index contributed by atoms with van der Waals surface area (Å²) in [6.07, 6.45) is 66.9. The van der Waals surface area contributed by atoms with E-state index in [4.69, 9.17) is 9.47 Å². The summed E-state index contributed by atoms with van der Waals surface area (Å²) in [7, 11) is 0. The maximum Gasteiger partial charge on any atom is 0.220 e. The van der Waals surface area contributed by atoms with Crippen LogP contribution in [0.5, 0.6) is 0 Å². The number of aliphatic hydroxyl groups is 5. The molecule has 1 aliphatic heterocycles. The van der Waals surface area contributed by atoms with Crippen molar-refractivity contribution < 1.29 is 39.8 Å². The van der Waals surface area contributed by atoms with E-state index in [1.165, 1.54) is 263 Å². The van der Waals surface area contributed by atoms with Crippen molar-refractivity contribution in [2.45, 2.75) is 365 Å². The summed E-state index contributed by atoms with van der Waals surface area (Å²) < 4.78 is 11.3. The zero-order valence-corrected chi connectivity index (χ0v) is 49.3. The number of carbonyl (C=O) groups excluding carboxylic acids is 1. The number of ether oxygens (including phenoxy) is 2. The van der Waals surface area contributed by atoms with Crippen LogP contribution in [-0.2, 0) is 14.3 Å². The van der Waals surface area contributed by atoms with Crippen LogP contribution in [0.25, 0.3) is 0 Å². The Balaban J connectivity index is 2.07. The van der Waals surface area contributed by atoms with Gasteiger partial charge < -0.3 is 40.3 Å². The zero-order valence-electron chi connectivity index (χ0n) is 49.3. The quantitative estimate of drug-likeness (QED) is 0.0261. The number of allylic oxidation sites excluding steroid dienone is 5. The molecule has 0 aromatic heterocycles. The summed E-state index contributed by atoms with van der Waals surface area (Å²) in [5.41, 5.74) is 0. The van der Waals surface area contributed by atoms with E-state index < -0.39 is 49.5 Å². The lowest BCUT2D eigenvalue weighted by atomic mass is 9.99. The van der Waals surface area contributed by atoms with Gasteiger partial charge in [-0.1, -0.05) is 294 Å². The van der Waals surface area contributed by atoms with E-state index in [2.05, 4.69) is 43.5 Å². The highest BCUT2D eigenvalue weighted by Crippen LogP contribution is 2.23. The van der Waals surface area contributed by atoms with Gasteiger partial charge in [-0.25, -0.2) is 0 Å². The van der Waals surface area contributed by atoms with Crippen LogP contribution in [0.1, 0.15) is 322 Å². The van der Waals surface area contributed by atoms with Crippen molar-refractivity contribution in [3.8, 4) is 0 Å². The van der Waals surface area contributed by atoms with Gasteiger partial charge in [-0.05, 0) is 57.8 Å². The van der Waals surface area contributed by atoms with Gasteiger partial charge in [-0.3, -0.25) is 4.79 Å². The number of aliphatic hydroxyl groups excluding tert-OH is 5. The van der Waals surface area contributed by atoms with Crippen LogP contribution in [0.2, 0.25) is 0 Å². The molecule has 0 aromatic carbocycles. The first-order valence-corrected chi connectivity index (χ1v) is 32.7. The average molecular weight is 1060 g/mol. The highest BCUT2D eigenvalue weighted by Gasteiger charge is 2.44. The highest BCUT2D eigenvalue weighted by atomic mass is 16.7. The van der Waals surface area contributed by atoms with Crippen molar-refractivity contribution in [3.63, 3.8) is 0 Å². The number of rotatable bonds is 57. The topological polar surface area (TPSA) is 149 Å². The third kappa shape index (κ3) is 44.9. The van der Waals surface area contributed by atoms with Crippen LogP contribution in [0, 0.1) is 0 Å². The predicted molar refractivity (Wildman–Crippen MR) is 318 cm³/mol. The molecule has 7 unspecified atom stereocenters. The van der Waals surface area contributed by atoms with Gasteiger partial charge in [0.25, 0.3) is 0 Å². The molecule has 1 aliphatic rings. The standard InChI is InChI=1S/C66H125NO8/c1-3-5-7-9-11-13-15-17-19-20-21-22-23-24-25-26-27-28-29-30-31-32-33-34-35-36-37-38-39-40-42-44-46-48-50-52-54-56-62(70)67-59(58-74-66-65(73)64(72)63(71)61(57-68)75-66)60(69)55-53-51-49-47-45-43-41-18-16-14-12-10-8-6-4-2/h28-29,45,47,53,55,59-61,63-66,68-69,71-73H,3-27,30-44,46,48-52,54,56-58H2,1-2H3,(H,67,70)/b29-28-,47-45+,55-53+. The Hall–Kier alpha value is -1.59. The van der Waals surface area contributed by atoms with Crippen LogP contribution in [-0.4, -0.2) is 87.5 Å². The van der Waals surface area contributed by atoms with Crippen molar-refractivity contribution in [1.82, 2.24) is 5.32 Å². The Labute approximate surface area is 463 Å². The molecule has 9 heteroatoms. The van der Waals surface area contributed by atoms with Crippen LogP contribution in [0.3, 0.4) is 0 Å². The van der Waals surface area contributed by atoms with Gasteiger partial charge in [-0.2, -0.15) is 0 Å². The van der Waals surface area contributed by atoms with Crippen LogP contribution < -0.4 is 5.32 Å². The minimum Gasteiger partial charge on any atom is -0.394 e. The molecule has 75 heavy (non-hydrogen) atoms. The third-order valence-electron chi connectivity index (χ3n) is 15.7. The average Bonchev–Trinajstić information content (AvgIpc) is 3.41. The Morgan fingerprint density at radius 1 is 0.440 bits per heavy atom.